The third kappa shape index (κ3) is 63.2. The summed E-state index contributed by atoms with van der Waals surface area (Å²) in [5.74, 6) is 0. The molecule has 0 aliphatic rings. The Morgan fingerprint density at radius 2 is 0.875 bits per heavy atom. The first kappa shape index (κ1) is 39.9. The summed E-state index contributed by atoms with van der Waals surface area (Å²) >= 11 is 1.41. The van der Waals surface area contributed by atoms with Crippen molar-refractivity contribution in [3.63, 3.8) is 0 Å². The molecular weight excluding hydrogens is 469 g/mol. The van der Waals surface area contributed by atoms with Crippen LogP contribution in [0, 0.1) is 0 Å². The van der Waals surface area contributed by atoms with Gasteiger partial charge in [0.25, 0.3) is 0 Å². The normalized spacial score (nSPS) is 11.0. The van der Waals surface area contributed by atoms with Crippen molar-refractivity contribution in [2.24, 2.45) is 0 Å². The van der Waals surface area contributed by atoms with Crippen LogP contribution in [0.15, 0.2) is 0 Å². The molecule has 32 heavy (non-hydrogen) atoms. The van der Waals surface area contributed by atoms with Crippen molar-refractivity contribution < 1.29 is 34.7 Å². The van der Waals surface area contributed by atoms with Gasteiger partial charge in [0.2, 0.25) is 0 Å². The molecule has 0 amide bonds. The second-order valence-electron chi connectivity index (χ2n) is 7.65. The minimum atomic E-state index is -4.67. The number of hydrogen-bond acceptors (Lipinski definition) is 6. The predicted octanol–water partition coefficient (Wildman–Crippen LogP) is 6.17. The average Bonchev–Trinajstić information content (AvgIpc) is 2.64. The summed E-state index contributed by atoms with van der Waals surface area (Å²) < 4.78 is 66.1. The van der Waals surface area contributed by atoms with E-state index in [2.05, 4.69) is 18.0 Å². The Hall–Kier alpha value is 0.700. The molecule has 0 aromatic heterocycles. The van der Waals surface area contributed by atoms with Gasteiger partial charge in [-0.25, -0.2) is 4.18 Å². The van der Waals surface area contributed by atoms with Gasteiger partial charge in [0.15, 0.2) is 0 Å². The van der Waals surface area contributed by atoms with E-state index in [1.807, 2.05) is 0 Å². The molecule has 9 nitrogen and oxygen atoms in total. The molecule has 0 aromatic rings. The fourth-order valence-electron chi connectivity index (χ4n) is 2.78. The first-order chi connectivity index (χ1) is 14.5. The summed E-state index contributed by atoms with van der Waals surface area (Å²) in [6.45, 7) is 4.58. The van der Waals surface area contributed by atoms with Gasteiger partial charge in [0.05, 0.1) is 6.61 Å². The van der Waals surface area contributed by atoms with Crippen molar-refractivity contribution in [3.05, 3.63) is 0 Å². The molecule has 0 fully saturated rings. The first-order valence-corrected chi connectivity index (χ1v) is 16.0. The van der Waals surface area contributed by atoms with E-state index >= 15 is 0 Å². The van der Waals surface area contributed by atoms with Crippen molar-refractivity contribution in [2.45, 2.75) is 120 Å². The molecule has 6 N–H and O–H groups in total. The quantitative estimate of drug-likeness (QED) is 0.0941. The van der Waals surface area contributed by atoms with Gasteiger partial charge >= 0.3 is 97.8 Å². The molecule has 0 unspecified atom stereocenters. The van der Waals surface area contributed by atoms with E-state index in [-0.39, 0.29) is 12.8 Å². The van der Waals surface area contributed by atoms with E-state index in [0.717, 1.165) is 12.8 Å². The fourth-order valence-corrected chi connectivity index (χ4v) is 3.61. The molecule has 0 bridgehead atoms. The summed E-state index contributed by atoms with van der Waals surface area (Å²) in [6, 6.07) is 0. The summed E-state index contributed by atoms with van der Waals surface area (Å²) in [4.78, 5) is 0. The second-order valence-corrected chi connectivity index (χ2v) is 10.6. The van der Waals surface area contributed by atoms with Gasteiger partial charge in [-0.1, -0.05) is 64.7 Å². The Morgan fingerprint density at radius 1 is 0.594 bits per heavy atom. The van der Waals surface area contributed by atoms with Crippen LogP contribution in [0.5, 0.6) is 0 Å². The Morgan fingerprint density at radius 3 is 1.16 bits per heavy atom. The summed E-state index contributed by atoms with van der Waals surface area (Å²) in [5.41, 5.74) is 0. The zero-order valence-electron chi connectivity index (χ0n) is 20.6. The van der Waals surface area contributed by atoms with E-state index in [9.17, 15) is 8.42 Å². The zero-order chi connectivity index (χ0) is 24.4. The number of hydrogen-bond donors (Lipinski definition) is 4. The predicted molar refractivity (Wildman–Crippen MR) is 132 cm³/mol. The van der Waals surface area contributed by atoms with Gasteiger partial charge in [-0.15, -0.1) is 0 Å². The largest absolute Gasteiger partial charge is 0.394 e. The van der Waals surface area contributed by atoms with Gasteiger partial charge in [0.1, 0.15) is 0 Å². The van der Waals surface area contributed by atoms with Gasteiger partial charge < -0.3 is 6.15 Å². The standard InChI is InChI=1S/C12H26O4S.C8H17.H3N.Na.H2O4S/c1-2-3-4-5-6-7-8-9-10-11-12-16-17(13,14)15;1-3-5-7-8-6-4-2;;;1-5(2,3)4/h2-12H2,1H3,(H,13,14,15);1,3-8H2,2H3;1H3;;(H2,1,2,3,4). The molecule has 12 heteroatoms. The van der Waals surface area contributed by atoms with Crippen molar-refractivity contribution in [1.29, 1.82) is 0 Å². The van der Waals surface area contributed by atoms with E-state index in [0.29, 0.717) is 6.42 Å². The Kier molecular flexibility index (Phi) is 37.1. The van der Waals surface area contributed by atoms with Gasteiger partial charge in [0, 0.05) is 0 Å². The van der Waals surface area contributed by atoms with E-state index in [1.165, 1.54) is 115 Å². The van der Waals surface area contributed by atoms with Crippen LogP contribution in [0.2, 0.25) is 3.67 Å². The molecule has 0 rings (SSSR count). The minimum absolute atomic E-state index is 0. The van der Waals surface area contributed by atoms with Crippen LogP contribution in [-0.2, 0) is 25.0 Å². The van der Waals surface area contributed by atoms with E-state index in [4.69, 9.17) is 22.1 Å². The molecule has 0 aliphatic carbocycles. The molecule has 0 saturated carbocycles. The second kappa shape index (κ2) is 29.7. The Labute approximate surface area is 215 Å². The van der Waals surface area contributed by atoms with Crippen LogP contribution in [0.1, 0.15) is 117 Å². The van der Waals surface area contributed by atoms with Gasteiger partial charge in [-0.3, -0.25) is 13.7 Å². The maximum absolute atomic E-state index is 10.2. The number of rotatable bonds is 18. The molecule has 0 radical (unpaired) electrons. The topological polar surface area (TPSA) is 173 Å². The maximum Gasteiger partial charge on any atom is 0.394 e. The Balaban J connectivity index is -0.000000219. The average molecular weight is 518 g/mol. The molecule has 0 aromatic carbocycles. The maximum atomic E-state index is 10.2. The molecule has 0 aliphatic heterocycles. The van der Waals surface area contributed by atoms with Crippen LogP contribution >= 0.6 is 0 Å². The smallest absolute Gasteiger partial charge is 0.344 e. The van der Waals surface area contributed by atoms with Crippen LogP contribution in [0.3, 0.4) is 0 Å². The minimum Gasteiger partial charge on any atom is -0.344 e. The van der Waals surface area contributed by atoms with Crippen LogP contribution in [0.4, 0.5) is 0 Å². The van der Waals surface area contributed by atoms with Crippen LogP contribution in [0.25, 0.3) is 0 Å². The third-order valence-corrected chi connectivity index (χ3v) is 5.61. The van der Waals surface area contributed by atoms with Crippen LogP contribution < -0.4 is 6.15 Å². The summed E-state index contributed by atoms with van der Waals surface area (Å²) in [7, 11) is -8.90. The summed E-state index contributed by atoms with van der Waals surface area (Å²) in [5, 5.41) is 0. The molecule has 0 heterocycles. The number of unbranched alkanes of at least 4 members (excludes halogenated alkanes) is 14. The molecule has 194 valence electrons. The van der Waals surface area contributed by atoms with E-state index < -0.39 is 20.8 Å². The monoisotopic (exact) mass is 517 g/mol. The third-order valence-electron chi connectivity index (χ3n) is 4.44. The van der Waals surface area contributed by atoms with Gasteiger partial charge in [-0.05, 0) is 6.42 Å². The fraction of sp³-hybridized carbons (Fsp3) is 1.00. The molecule has 0 atom stereocenters. The van der Waals surface area contributed by atoms with Crippen LogP contribution in [-0.4, -0.2) is 65.0 Å². The molecule has 0 saturated heterocycles. The zero-order valence-corrected chi connectivity index (χ0v) is 24.3. The molecule has 0 spiro atoms. The van der Waals surface area contributed by atoms with Crippen molar-refractivity contribution in [3.8, 4) is 0 Å². The summed E-state index contributed by atoms with van der Waals surface area (Å²) in [6.07, 6.45) is 20.6. The van der Waals surface area contributed by atoms with E-state index in [1.54, 1.807) is 0 Å². The van der Waals surface area contributed by atoms with Crippen molar-refractivity contribution >= 4 is 48.7 Å². The first-order valence-electron chi connectivity index (χ1n) is 11.8. The van der Waals surface area contributed by atoms with Crippen molar-refractivity contribution in [1.82, 2.24) is 6.15 Å². The Bertz CT molecular complexity index is 532. The molecular formula is C20H48NNaO8S2. The van der Waals surface area contributed by atoms with Gasteiger partial charge in [-0.2, -0.15) is 16.8 Å². The SMILES string of the molecule is CCCCCCCCCCCCOS(=O)(=O)O.CCCCCCC[CH2][Na].N.O=S(=O)(O)O. The van der Waals surface area contributed by atoms with Crippen molar-refractivity contribution in [2.75, 3.05) is 6.61 Å².